The highest BCUT2D eigenvalue weighted by Gasteiger charge is 2.14. The summed E-state index contributed by atoms with van der Waals surface area (Å²) in [5.74, 6) is 1.51. The molecule has 0 atom stereocenters. The molecule has 0 heterocycles. The molecule has 0 saturated heterocycles. The van der Waals surface area contributed by atoms with Crippen molar-refractivity contribution in [2.45, 2.75) is 13.3 Å². The minimum atomic E-state index is -0.250. The normalized spacial score (nSPS) is 10.0. The van der Waals surface area contributed by atoms with Gasteiger partial charge in [-0.15, -0.1) is 0 Å². The van der Waals surface area contributed by atoms with Gasteiger partial charge in [0.25, 0.3) is 5.91 Å². The van der Waals surface area contributed by atoms with Gasteiger partial charge in [0.15, 0.2) is 0 Å². The molecule has 5 heteroatoms. The molecule has 0 aliphatic carbocycles. The topological polar surface area (TPSA) is 56.8 Å². The van der Waals surface area contributed by atoms with Crippen LogP contribution in [0.3, 0.4) is 0 Å². The molecule has 122 valence electrons. The first-order valence-electron chi connectivity index (χ1n) is 7.44. The number of nitrogens with one attached hydrogen (secondary N) is 1. The number of benzene rings is 2. The highest BCUT2D eigenvalue weighted by molar-refractivity contribution is 6.06. The van der Waals surface area contributed by atoms with Crippen LogP contribution in [0, 0.1) is 0 Å². The van der Waals surface area contributed by atoms with Crippen molar-refractivity contribution in [1.29, 1.82) is 0 Å². The molecule has 0 saturated carbocycles. The lowest BCUT2D eigenvalue weighted by atomic mass is 10.1. The third-order valence-corrected chi connectivity index (χ3v) is 3.25. The van der Waals surface area contributed by atoms with Crippen LogP contribution < -0.4 is 19.5 Å². The largest absolute Gasteiger partial charge is 0.497 e. The van der Waals surface area contributed by atoms with Crippen LogP contribution in [-0.4, -0.2) is 26.7 Å². The van der Waals surface area contributed by atoms with Crippen molar-refractivity contribution in [3.63, 3.8) is 0 Å². The molecule has 23 heavy (non-hydrogen) atoms. The van der Waals surface area contributed by atoms with Crippen LogP contribution >= 0.6 is 0 Å². The highest BCUT2D eigenvalue weighted by atomic mass is 16.5. The number of rotatable bonds is 7. The third kappa shape index (κ3) is 4.16. The number of carbonyl (C=O) groups is 1. The molecular formula is C18H21NO4. The second kappa shape index (κ2) is 8.08. The summed E-state index contributed by atoms with van der Waals surface area (Å²) in [5.41, 5.74) is 1.06. The maximum Gasteiger partial charge on any atom is 0.259 e. The fourth-order valence-electron chi connectivity index (χ4n) is 2.08. The van der Waals surface area contributed by atoms with Crippen molar-refractivity contribution in [3.8, 4) is 17.2 Å². The molecule has 0 unspecified atom stereocenters. The van der Waals surface area contributed by atoms with Crippen molar-refractivity contribution < 1.29 is 19.0 Å². The van der Waals surface area contributed by atoms with E-state index in [-0.39, 0.29) is 5.91 Å². The first-order chi connectivity index (χ1) is 11.2. The average molecular weight is 315 g/mol. The van der Waals surface area contributed by atoms with Crippen LogP contribution in [0.4, 0.5) is 5.69 Å². The molecule has 5 nitrogen and oxygen atoms in total. The number of ether oxygens (including phenoxy) is 3. The Morgan fingerprint density at radius 2 is 1.83 bits per heavy atom. The van der Waals surface area contributed by atoms with Gasteiger partial charge < -0.3 is 19.5 Å². The molecule has 2 aromatic carbocycles. The van der Waals surface area contributed by atoms with Crippen molar-refractivity contribution in [2.75, 3.05) is 26.1 Å². The van der Waals surface area contributed by atoms with Gasteiger partial charge in [0.2, 0.25) is 0 Å². The average Bonchev–Trinajstić information content (AvgIpc) is 2.60. The lowest BCUT2D eigenvalue weighted by Crippen LogP contribution is -2.14. The van der Waals surface area contributed by atoms with Crippen LogP contribution in [0.2, 0.25) is 0 Å². The summed E-state index contributed by atoms with van der Waals surface area (Å²) < 4.78 is 16.1. The van der Waals surface area contributed by atoms with Crippen LogP contribution in [0.1, 0.15) is 23.7 Å². The van der Waals surface area contributed by atoms with E-state index in [1.54, 1.807) is 50.6 Å². The van der Waals surface area contributed by atoms with E-state index in [2.05, 4.69) is 5.32 Å². The number of para-hydroxylation sites is 1. The second-order valence-electron chi connectivity index (χ2n) is 4.86. The fourth-order valence-corrected chi connectivity index (χ4v) is 2.08. The Labute approximate surface area is 136 Å². The second-order valence-corrected chi connectivity index (χ2v) is 4.86. The van der Waals surface area contributed by atoms with Gasteiger partial charge in [0.1, 0.15) is 17.2 Å². The van der Waals surface area contributed by atoms with E-state index >= 15 is 0 Å². The van der Waals surface area contributed by atoms with Crippen molar-refractivity contribution >= 4 is 11.6 Å². The van der Waals surface area contributed by atoms with E-state index in [9.17, 15) is 4.79 Å². The van der Waals surface area contributed by atoms with Crippen LogP contribution in [0.25, 0.3) is 0 Å². The lowest BCUT2D eigenvalue weighted by Gasteiger charge is -2.13. The van der Waals surface area contributed by atoms with E-state index in [1.165, 1.54) is 0 Å². The van der Waals surface area contributed by atoms with Crippen LogP contribution in [0.5, 0.6) is 17.2 Å². The standard InChI is InChI=1S/C18H21NO4/c1-4-11-23-16-8-6-5-7-14(16)18(20)19-15-10-9-13(21-2)12-17(15)22-3/h5-10,12H,4,11H2,1-3H3,(H,19,20). The quantitative estimate of drug-likeness (QED) is 0.845. The van der Waals surface area contributed by atoms with Gasteiger partial charge in [-0.25, -0.2) is 0 Å². The van der Waals surface area contributed by atoms with E-state index in [1.807, 2.05) is 13.0 Å². The predicted octanol–water partition coefficient (Wildman–Crippen LogP) is 3.74. The molecule has 2 rings (SSSR count). The maximum atomic E-state index is 12.5. The first kappa shape index (κ1) is 16.7. The Bertz CT molecular complexity index is 670. The summed E-state index contributed by atoms with van der Waals surface area (Å²) in [6.45, 7) is 2.58. The fraction of sp³-hybridized carbons (Fsp3) is 0.278. The molecule has 0 aliphatic heterocycles. The molecule has 0 radical (unpaired) electrons. The summed E-state index contributed by atoms with van der Waals surface area (Å²) in [6.07, 6.45) is 0.877. The van der Waals surface area contributed by atoms with Gasteiger partial charge in [-0.05, 0) is 30.7 Å². The summed E-state index contributed by atoms with van der Waals surface area (Å²) >= 11 is 0. The van der Waals surface area contributed by atoms with Gasteiger partial charge in [-0.1, -0.05) is 19.1 Å². The number of hydrogen-bond acceptors (Lipinski definition) is 4. The van der Waals surface area contributed by atoms with E-state index in [0.29, 0.717) is 35.1 Å². The van der Waals surface area contributed by atoms with Gasteiger partial charge >= 0.3 is 0 Å². The minimum absolute atomic E-state index is 0.250. The summed E-state index contributed by atoms with van der Waals surface area (Å²) in [4.78, 5) is 12.5. The third-order valence-electron chi connectivity index (χ3n) is 3.25. The molecule has 0 aliphatic rings. The molecule has 0 spiro atoms. The molecule has 2 aromatic rings. The molecule has 0 fully saturated rings. The zero-order valence-corrected chi connectivity index (χ0v) is 13.6. The predicted molar refractivity (Wildman–Crippen MR) is 89.7 cm³/mol. The van der Waals surface area contributed by atoms with Crippen LogP contribution in [0.15, 0.2) is 42.5 Å². The zero-order valence-electron chi connectivity index (χ0n) is 13.6. The number of carbonyl (C=O) groups excluding carboxylic acids is 1. The summed E-state index contributed by atoms with van der Waals surface area (Å²) in [7, 11) is 3.12. The number of amides is 1. The SMILES string of the molecule is CCCOc1ccccc1C(=O)Nc1ccc(OC)cc1OC. The van der Waals surface area contributed by atoms with E-state index in [4.69, 9.17) is 14.2 Å². The van der Waals surface area contributed by atoms with Gasteiger partial charge in [-0.2, -0.15) is 0 Å². The maximum absolute atomic E-state index is 12.5. The molecule has 0 aromatic heterocycles. The van der Waals surface area contributed by atoms with Crippen molar-refractivity contribution in [2.24, 2.45) is 0 Å². The smallest absolute Gasteiger partial charge is 0.259 e. The first-order valence-corrected chi connectivity index (χ1v) is 7.44. The van der Waals surface area contributed by atoms with Crippen LogP contribution in [-0.2, 0) is 0 Å². The Balaban J connectivity index is 2.22. The number of methoxy groups -OCH3 is 2. The van der Waals surface area contributed by atoms with Crippen molar-refractivity contribution in [3.05, 3.63) is 48.0 Å². The Morgan fingerprint density at radius 1 is 1.04 bits per heavy atom. The molecule has 0 bridgehead atoms. The Morgan fingerprint density at radius 3 is 2.52 bits per heavy atom. The number of hydrogen-bond donors (Lipinski definition) is 1. The minimum Gasteiger partial charge on any atom is -0.497 e. The molecular weight excluding hydrogens is 294 g/mol. The number of anilines is 1. The summed E-state index contributed by atoms with van der Waals surface area (Å²) in [5, 5.41) is 2.85. The Hall–Kier alpha value is -2.69. The van der Waals surface area contributed by atoms with Gasteiger partial charge in [0, 0.05) is 6.07 Å². The Kier molecular flexibility index (Phi) is 5.86. The zero-order chi connectivity index (χ0) is 16.7. The van der Waals surface area contributed by atoms with Crippen molar-refractivity contribution in [1.82, 2.24) is 0 Å². The molecule has 1 N–H and O–H groups in total. The highest BCUT2D eigenvalue weighted by Crippen LogP contribution is 2.30. The molecule has 1 amide bonds. The van der Waals surface area contributed by atoms with Gasteiger partial charge in [-0.3, -0.25) is 4.79 Å². The van der Waals surface area contributed by atoms with E-state index in [0.717, 1.165) is 6.42 Å². The summed E-state index contributed by atoms with van der Waals surface area (Å²) in [6, 6.07) is 12.4. The van der Waals surface area contributed by atoms with E-state index < -0.39 is 0 Å². The monoisotopic (exact) mass is 315 g/mol. The lowest BCUT2D eigenvalue weighted by molar-refractivity contribution is 0.102. The van der Waals surface area contributed by atoms with Gasteiger partial charge in [0.05, 0.1) is 32.1 Å².